The van der Waals surface area contributed by atoms with E-state index >= 15 is 0 Å². The number of oxime groups is 1. The molecule has 3 N–H and O–H groups in total. The van der Waals surface area contributed by atoms with Crippen molar-refractivity contribution in [1.29, 1.82) is 0 Å². The van der Waals surface area contributed by atoms with Crippen LogP contribution in [0.2, 0.25) is 5.02 Å². The second kappa shape index (κ2) is 7.35. The zero-order valence-electron chi connectivity index (χ0n) is 10.5. The summed E-state index contributed by atoms with van der Waals surface area (Å²) >= 11 is 5.96. The molecule has 0 spiro atoms. The molecular weight excluding hydrogens is 297 g/mol. The van der Waals surface area contributed by atoms with Crippen LogP contribution in [0.3, 0.4) is 0 Å². The van der Waals surface area contributed by atoms with Crippen LogP contribution in [0.5, 0.6) is 0 Å². The first-order chi connectivity index (χ1) is 9.33. The number of nitrogens with zero attached hydrogens (tertiary/aromatic N) is 1. The van der Waals surface area contributed by atoms with E-state index in [1.54, 1.807) is 12.1 Å². The summed E-state index contributed by atoms with van der Waals surface area (Å²) < 4.78 is 40.8. The van der Waals surface area contributed by atoms with Crippen molar-refractivity contribution in [2.24, 2.45) is 10.9 Å². The first kappa shape index (κ1) is 16.6. The Balaban J connectivity index is 2.45. The van der Waals surface area contributed by atoms with Crippen LogP contribution < -0.4 is 5.73 Å². The van der Waals surface area contributed by atoms with Crippen LogP contribution in [0.1, 0.15) is 24.0 Å². The number of hydrogen-bond acceptors (Lipinski definition) is 3. The van der Waals surface area contributed by atoms with Crippen LogP contribution >= 0.6 is 11.6 Å². The minimum Gasteiger partial charge on any atom is -0.409 e. The second-order valence-electron chi connectivity index (χ2n) is 4.06. The smallest absolute Gasteiger partial charge is 0.389 e. The summed E-state index contributed by atoms with van der Waals surface area (Å²) in [5.41, 5.74) is 6.46. The van der Waals surface area contributed by atoms with E-state index in [4.69, 9.17) is 27.3 Å². The highest BCUT2D eigenvalue weighted by Gasteiger charge is 2.25. The van der Waals surface area contributed by atoms with Gasteiger partial charge in [-0.3, -0.25) is 0 Å². The number of halogens is 4. The molecule has 0 saturated carbocycles. The number of ether oxygens (including phenoxy) is 1. The van der Waals surface area contributed by atoms with Gasteiger partial charge in [0.25, 0.3) is 0 Å². The highest BCUT2D eigenvalue weighted by molar-refractivity contribution is 6.31. The molecule has 1 rings (SSSR count). The number of amidine groups is 1. The van der Waals surface area contributed by atoms with Crippen LogP contribution in [0.4, 0.5) is 13.2 Å². The quantitative estimate of drug-likeness (QED) is 0.278. The average molecular weight is 311 g/mol. The molecule has 0 aliphatic carbocycles. The summed E-state index contributed by atoms with van der Waals surface area (Å²) in [7, 11) is 0. The summed E-state index contributed by atoms with van der Waals surface area (Å²) in [6.45, 7) is 0.102. The van der Waals surface area contributed by atoms with Gasteiger partial charge in [0.2, 0.25) is 0 Å². The lowest BCUT2D eigenvalue weighted by molar-refractivity contribution is -0.138. The Bertz CT molecular complexity index is 478. The van der Waals surface area contributed by atoms with Gasteiger partial charge in [-0.25, -0.2) is 0 Å². The van der Waals surface area contributed by atoms with Crippen molar-refractivity contribution in [2.45, 2.75) is 25.6 Å². The number of alkyl halides is 3. The lowest BCUT2D eigenvalue weighted by atomic mass is 10.1. The Kier molecular flexibility index (Phi) is 6.09. The first-order valence-corrected chi connectivity index (χ1v) is 6.12. The molecule has 0 amide bonds. The fraction of sp³-hybridized carbons (Fsp3) is 0.417. The molecule has 4 nitrogen and oxygen atoms in total. The zero-order valence-corrected chi connectivity index (χ0v) is 11.2. The van der Waals surface area contributed by atoms with E-state index in [0.29, 0.717) is 16.1 Å². The normalized spacial score (nSPS) is 12.7. The van der Waals surface area contributed by atoms with Crippen LogP contribution in [0.15, 0.2) is 23.4 Å². The number of hydrogen-bond donors (Lipinski definition) is 2. The summed E-state index contributed by atoms with van der Waals surface area (Å²) in [5, 5.41) is 11.7. The van der Waals surface area contributed by atoms with E-state index in [-0.39, 0.29) is 25.5 Å². The molecule has 0 atom stereocenters. The van der Waals surface area contributed by atoms with Gasteiger partial charge >= 0.3 is 6.18 Å². The van der Waals surface area contributed by atoms with Crippen molar-refractivity contribution in [3.8, 4) is 0 Å². The molecular formula is C12H14ClF3N2O2. The van der Waals surface area contributed by atoms with Crippen molar-refractivity contribution in [3.05, 3.63) is 34.3 Å². The van der Waals surface area contributed by atoms with Crippen molar-refractivity contribution in [3.63, 3.8) is 0 Å². The van der Waals surface area contributed by atoms with Crippen molar-refractivity contribution < 1.29 is 23.1 Å². The van der Waals surface area contributed by atoms with E-state index in [9.17, 15) is 13.2 Å². The first-order valence-electron chi connectivity index (χ1n) is 5.74. The lowest BCUT2D eigenvalue weighted by Gasteiger charge is -2.09. The van der Waals surface area contributed by atoms with E-state index < -0.39 is 12.6 Å². The van der Waals surface area contributed by atoms with Crippen LogP contribution in [0, 0.1) is 0 Å². The van der Waals surface area contributed by atoms with E-state index in [1.807, 2.05) is 0 Å². The molecule has 20 heavy (non-hydrogen) atoms. The van der Waals surface area contributed by atoms with Gasteiger partial charge in [-0.05, 0) is 18.1 Å². The maximum absolute atomic E-state index is 11.9. The van der Waals surface area contributed by atoms with E-state index in [0.717, 1.165) is 0 Å². The summed E-state index contributed by atoms with van der Waals surface area (Å²) in [6.07, 6.45) is -5.13. The molecule has 0 aromatic heterocycles. The maximum Gasteiger partial charge on any atom is 0.389 e. The number of nitrogens with two attached hydrogens (primary N) is 1. The van der Waals surface area contributed by atoms with Gasteiger partial charge in [-0.15, -0.1) is 0 Å². The van der Waals surface area contributed by atoms with Gasteiger partial charge in [-0.1, -0.05) is 28.9 Å². The van der Waals surface area contributed by atoms with Crippen molar-refractivity contribution in [1.82, 2.24) is 0 Å². The van der Waals surface area contributed by atoms with Gasteiger partial charge in [0, 0.05) is 23.6 Å². The minimum atomic E-state index is -4.16. The molecule has 112 valence electrons. The third kappa shape index (κ3) is 5.66. The number of rotatable bonds is 6. The Morgan fingerprint density at radius 3 is 2.65 bits per heavy atom. The van der Waals surface area contributed by atoms with Crippen molar-refractivity contribution >= 4 is 17.4 Å². The third-order valence-electron chi connectivity index (χ3n) is 2.46. The molecule has 0 unspecified atom stereocenters. The maximum atomic E-state index is 11.9. The molecule has 0 saturated heterocycles. The van der Waals surface area contributed by atoms with E-state index in [1.165, 1.54) is 6.07 Å². The molecule has 1 aromatic rings. The highest BCUT2D eigenvalue weighted by atomic mass is 35.5. The Morgan fingerprint density at radius 2 is 2.10 bits per heavy atom. The molecule has 0 fully saturated rings. The van der Waals surface area contributed by atoms with Gasteiger partial charge in [0.1, 0.15) is 0 Å². The molecule has 1 aromatic carbocycles. The molecule has 0 aliphatic rings. The molecule has 0 heterocycles. The summed E-state index contributed by atoms with van der Waals surface area (Å²) in [6, 6.07) is 4.68. The van der Waals surface area contributed by atoms with Gasteiger partial charge in [0.15, 0.2) is 5.84 Å². The third-order valence-corrected chi connectivity index (χ3v) is 2.81. The van der Waals surface area contributed by atoms with Crippen LogP contribution in [-0.2, 0) is 11.3 Å². The summed E-state index contributed by atoms with van der Waals surface area (Å²) in [5.74, 6) is -0.0791. The zero-order chi connectivity index (χ0) is 15.2. The fourth-order valence-corrected chi connectivity index (χ4v) is 1.67. The molecule has 8 heteroatoms. The highest BCUT2D eigenvalue weighted by Crippen LogP contribution is 2.22. The monoisotopic (exact) mass is 310 g/mol. The SMILES string of the molecule is N/C(=N/O)c1ccc(COCCCC(F)(F)F)c(Cl)c1. The van der Waals surface area contributed by atoms with Crippen LogP contribution in [0.25, 0.3) is 0 Å². The summed E-state index contributed by atoms with van der Waals surface area (Å²) in [4.78, 5) is 0. The van der Waals surface area contributed by atoms with Crippen LogP contribution in [-0.4, -0.2) is 23.8 Å². The standard InChI is InChI=1S/C12H14ClF3N2O2/c13-10-6-8(11(17)18-19)2-3-9(10)7-20-5-1-4-12(14,15)16/h2-3,6,19H,1,4-5,7H2,(H2,17,18). The average Bonchev–Trinajstić information content (AvgIpc) is 2.37. The molecule has 0 bridgehead atoms. The van der Waals surface area contributed by atoms with E-state index in [2.05, 4.69) is 5.16 Å². The fourth-order valence-electron chi connectivity index (χ4n) is 1.44. The Labute approximate surface area is 119 Å². The molecule has 0 radical (unpaired) electrons. The van der Waals surface area contributed by atoms with Gasteiger partial charge in [-0.2, -0.15) is 13.2 Å². The van der Waals surface area contributed by atoms with Gasteiger partial charge < -0.3 is 15.7 Å². The second-order valence-corrected chi connectivity index (χ2v) is 4.47. The Hall–Kier alpha value is -1.47. The molecule has 0 aliphatic heterocycles. The van der Waals surface area contributed by atoms with Gasteiger partial charge in [0.05, 0.1) is 6.61 Å². The predicted octanol–water partition coefficient (Wildman–Crippen LogP) is 3.29. The largest absolute Gasteiger partial charge is 0.409 e. The minimum absolute atomic E-state index is 0.00216. The predicted molar refractivity (Wildman–Crippen MR) is 68.9 cm³/mol. The number of benzene rings is 1. The topological polar surface area (TPSA) is 67.8 Å². The van der Waals surface area contributed by atoms with Crippen molar-refractivity contribution in [2.75, 3.05) is 6.61 Å². The lowest BCUT2D eigenvalue weighted by Crippen LogP contribution is -2.13. The Morgan fingerprint density at radius 1 is 1.40 bits per heavy atom.